The predicted octanol–water partition coefficient (Wildman–Crippen LogP) is 2.65. The molecule has 0 radical (unpaired) electrons. The van der Waals surface area contributed by atoms with Gasteiger partial charge in [-0.3, -0.25) is 4.79 Å². The maximum Gasteiger partial charge on any atom is 0.251 e. The first kappa shape index (κ1) is 24.0. The highest BCUT2D eigenvalue weighted by Crippen LogP contribution is 2.29. The summed E-state index contributed by atoms with van der Waals surface area (Å²) in [4.78, 5) is 26.0. The molecular weight excluding hydrogens is 456 g/mol. The van der Waals surface area contributed by atoms with Crippen LogP contribution in [0.3, 0.4) is 0 Å². The van der Waals surface area contributed by atoms with Gasteiger partial charge in [-0.2, -0.15) is 0 Å². The van der Waals surface area contributed by atoms with E-state index in [2.05, 4.69) is 44.8 Å². The van der Waals surface area contributed by atoms with Gasteiger partial charge in [-0.15, -0.1) is 0 Å². The zero-order valence-corrected chi connectivity index (χ0v) is 21.0. The van der Waals surface area contributed by atoms with Gasteiger partial charge in [-0.05, 0) is 42.5 Å². The molecule has 188 valence electrons. The number of anilines is 3. The minimum absolute atomic E-state index is 0.109. The third-order valence-corrected chi connectivity index (χ3v) is 6.67. The Bertz CT molecular complexity index is 1200. The maximum atomic E-state index is 12.8. The van der Waals surface area contributed by atoms with Crippen molar-refractivity contribution in [3.8, 4) is 11.3 Å². The number of nitrogens with zero attached hydrogens (tertiary/aromatic N) is 4. The summed E-state index contributed by atoms with van der Waals surface area (Å²) in [6, 6.07) is 17.3. The number of carbonyl (C=O) groups is 1. The number of aromatic nitrogens is 2. The summed E-state index contributed by atoms with van der Waals surface area (Å²) >= 11 is 0. The lowest BCUT2D eigenvalue weighted by Crippen LogP contribution is -2.44. The Hall–Kier alpha value is -3.69. The molecule has 1 amide bonds. The summed E-state index contributed by atoms with van der Waals surface area (Å²) in [5.41, 5.74) is 4.64. The van der Waals surface area contributed by atoms with Crippen molar-refractivity contribution >= 4 is 23.2 Å². The standard InChI is InChI=1S/C27H32N6O3/c1-32(2)19-9-5-17(6-10-19)21-13-14-28-27(30-21)31-23-16-36-24-22(15-35-25(23)24)29-26(34)18-7-11-20(12-8-18)33(3)4/h5-14,22-25H,15-16H2,1-4H3,(H,29,34)(H,28,30,31). The van der Waals surface area contributed by atoms with Gasteiger partial charge in [0.2, 0.25) is 5.95 Å². The van der Waals surface area contributed by atoms with Crippen molar-refractivity contribution in [1.29, 1.82) is 0 Å². The smallest absolute Gasteiger partial charge is 0.251 e. The lowest BCUT2D eigenvalue weighted by atomic mass is 10.1. The van der Waals surface area contributed by atoms with E-state index in [-0.39, 0.29) is 30.2 Å². The number of ether oxygens (including phenoxy) is 2. The summed E-state index contributed by atoms with van der Waals surface area (Å²) in [5.74, 6) is 0.390. The van der Waals surface area contributed by atoms with E-state index in [4.69, 9.17) is 14.5 Å². The Kier molecular flexibility index (Phi) is 6.75. The molecule has 3 heterocycles. The van der Waals surface area contributed by atoms with E-state index in [1.54, 1.807) is 6.20 Å². The lowest BCUT2D eigenvalue weighted by Gasteiger charge is -2.19. The number of fused-ring (bicyclic) bond motifs is 1. The van der Waals surface area contributed by atoms with E-state index in [0.717, 1.165) is 22.6 Å². The summed E-state index contributed by atoms with van der Waals surface area (Å²) in [6.07, 6.45) is 1.32. The fourth-order valence-corrected chi connectivity index (χ4v) is 4.59. The minimum atomic E-state index is -0.228. The Morgan fingerprint density at radius 2 is 1.42 bits per heavy atom. The first-order chi connectivity index (χ1) is 17.4. The van der Waals surface area contributed by atoms with Crippen LogP contribution in [0.25, 0.3) is 11.3 Å². The average molecular weight is 489 g/mol. The summed E-state index contributed by atoms with van der Waals surface area (Å²) in [7, 11) is 7.97. The first-order valence-electron chi connectivity index (χ1n) is 12.1. The molecule has 2 aromatic carbocycles. The lowest BCUT2D eigenvalue weighted by molar-refractivity contribution is 0.0652. The third kappa shape index (κ3) is 4.98. The van der Waals surface area contributed by atoms with Gasteiger partial charge in [-0.25, -0.2) is 9.97 Å². The molecule has 2 aliphatic heterocycles. The summed E-state index contributed by atoms with van der Waals surface area (Å²) < 4.78 is 12.1. The summed E-state index contributed by atoms with van der Waals surface area (Å²) in [6.45, 7) is 0.846. The molecule has 0 aliphatic carbocycles. The molecular formula is C27H32N6O3. The van der Waals surface area contributed by atoms with E-state index in [1.165, 1.54) is 0 Å². The van der Waals surface area contributed by atoms with Gasteiger partial charge >= 0.3 is 0 Å². The van der Waals surface area contributed by atoms with Crippen LogP contribution in [0.15, 0.2) is 60.8 Å². The highest BCUT2D eigenvalue weighted by molar-refractivity contribution is 5.94. The van der Waals surface area contributed by atoms with Crippen molar-refractivity contribution in [2.24, 2.45) is 0 Å². The molecule has 36 heavy (non-hydrogen) atoms. The average Bonchev–Trinajstić information content (AvgIpc) is 3.47. The minimum Gasteiger partial charge on any atom is -0.378 e. The number of hydrogen-bond acceptors (Lipinski definition) is 8. The van der Waals surface area contributed by atoms with Crippen LogP contribution in [0.4, 0.5) is 17.3 Å². The second-order valence-electron chi connectivity index (χ2n) is 9.57. The topological polar surface area (TPSA) is 91.9 Å². The zero-order chi connectivity index (χ0) is 25.2. The van der Waals surface area contributed by atoms with Crippen LogP contribution < -0.4 is 20.4 Å². The van der Waals surface area contributed by atoms with Gasteiger partial charge in [0.15, 0.2) is 0 Å². The maximum absolute atomic E-state index is 12.8. The monoisotopic (exact) mass is 488 g/mol. The molecule has 3 aromatic rings. The van der Waals surface area contributed by atoms with Crippen LogP contribution in [-0.2, 0) is 9.47 Å². The molecule has 4 atom stereocenters. The predicted molar refractivity (Wildman–Crippen MR) is 141 cm³/mol. The molecule has 9 heteroatoms. The molecule has 1 aromatic heterocycles. The number of nitrogens with one attached hydrogen (secondary N) is 2. The van der Waals surface area contributed by atoms with E-state index < -0.39 is 0 Å². The van der Waals surface area contributed by atoms with Crippen molar-refractivity contribution < 1.29 is 14.3 Å². The van der Waals surface area contributed by atoms with E-state index in [9.17, 15) is 4.79 Å². The highest BCUT2D eigenvalue weighted by atomic mass is 16.6. The molecule has 2 saturated heterocycles. The molecule has 2 aliphatic rings. The van der Waals surface area contributed by atoms with Gasteiger partial charge < -0.3 is 29.9 Å². The van der Waals surface area contributed by atoms with Crippen LogP contribution in [0.1, 0.15) is 10.4 Å². The molecule has 2 N–H and O–H groups in total. The van der Waals surface area contributed by atoms with Gasteiger partial charge in [0.25, 0.3) is 5.91 Å². The number of rotatable bonds is 7. The number of hydrogen-bond donors (Lipinski definition) is 2. The molecule has 0 saturated carbocycles. The Morgan fingerprint density at radius 1 is 0.833 bits per heavy atom. The normalized spacial score (nSPS) is 22.7. The van der Waals surface area contributed by atoms with Crippen molar-refractivity contribution in [2.75, 3.05) is 56.5 Å². The van der Waals surface area contributed by atoms with E-state index >= 15 is 0 Å². The number of amides is 1. The van der Waals surface area contributed by atoms with Crippen molar-refractivity contribution in [3.63, 3.8) is 0 Å². The molecule has 5 rings (SSSR count). The van der Waals surface area contributed by atoms with Crippen LogP contribution in [0.5, 0.6) is 0 Å². The Balaban J connectivity index is 1.21. The second-order valence-corrected chi connectivity index (χ2v) is 9.57. The van der Waals surface area contributed by atoms with E-state index in [0.29, 0.717) is 24.7 Å². The third-order valence-electron chi connectivity index (χ3n) is 6.67. The zero-order valence-electron chi connectivity index (χ0n) is 21.0. The molecule has 4 unspecified atom stereocenters. The second kappa shape index (κ2) is 10.1. The summed E-state index contributed by atoms with van der Waals surface area (Å²) in [5, 5.41) is 6.45. The molecule has 9 nitrogen and oxygen atoms in total. The quantitative estimate of drug-likeness (QED) is 0.525. The highest BCUT2D eigenvalue weighted by Gasteiger charge is 2.48. The largest absolute Gasteiger partial charge is 0.378 e. The number of carbonyl (C=O) groups excluding carboxylic acids is 1. The SMILES string of the molecule is CN(C)c1ccc(C(=O)NC2COC3C(Nc4nccc(-c5ccc(N(C)C)cc5)n4)COC23)cc1. The van der Waals surface area contributed by atoms with Crippen molar-refractivity contribution in [3.05, 3.63) is 66.4 Å². The van der Waals surface area contributed by atoms with Crippen LogP contribution in [0, 0.1) is 0 Å². The van der Waals surface area contributed by atoms with Crippen LogP contribution in [0.2, 0.25) is 0 Å². The molecule has 2 fully saturated rings. The van der Waals surface area contributed by atoms with E-state index in [1.807, 2.05) is 63.4 Å². The van der Waals surface area contributed by atoms with Gasteiger partial charge in [0.1, 0.15) is 12.2 Å². The van der Waals surface area contributed by atoms with Gasteiger partial charge in [0.05, 0.1) is 31.0 Å². The van der Waals surface area contributed by atoms with Crippen molar-refractivity contribution in [1.82, 2.24) is 15.3 Å². The van der Waals surface area contributed by atoms with Gasteiger partial charge in [-0.1, -0.05) is 12.1 Å². The molecule has 0 spiro atoms. The molecule has 0 bridgehead atoms. The fraction of sp³-hybridized carbons (Fsp3) is 0.370. The first-order valence-corrected chi connectivity index (χ1v) is 12.1. The van der Waals surface area contributed by atoms with Crippen molar-refractivity contribution in [2.45, 2.75) is 24.3 Å². The van der Waals surface area contributed by atoms with Crippen LogP contribution in [-0.4, -0.2) is 81.6 Å². The fourth-order valence-electron chi connectivity index (χ4n) is 4.59. The Labute approximate surface area is 211 Å². The number of benzene rings is 2. The Morgan fingerprint density at radius 3 is 2.06 bits per heavy atom. The van der Waals surface area contributed by atoms with Crippen LogP contribution >= 0.6 is 0 Å². The van der Waals surface area contributed by atoms with Gasteiger partial charge in [0, 0.05) is 56.9 Å².